The van der Waals surface area contributed by atoms with Crippen LogP contribution in [0.3, 0.4) is 0 Å². The summed E-state index contributed by atoms with van der Waals surface area (Å²) in [5, 5.41) is 13.7. The fourth-order valence-corrected chi connectivity index (χ4v) is 1.80. The first-order valence-corrected chi connectivity index (χ1v) is 6.29. The van der Waals surface area contributed by atoms with Gasteiger partial charge in [-0.1, -0.05) is 6.07 Å². The molecule has 0 spiro atoms. The number of rotatable bonds is 8. The van der Waals surface area contributed by atoms with Crippen molar-refractivity contribution in [3.8, 4) is 0 Å². The standard InChI is InChI=1S/C13H21N3O3/c1-4-19-8-7-15(3)10-11-5-6-13(16(17)18)12(9-11)14-2/h5-6,9,14H,4,7-8,10H2,1-3H3. The van der Waals surface area contributed by atoms with Gasteiger partial charge in [-0.15, -0.1) is 0 Å². The molecule has 0 aliphatic heterocycles. The number of nitrogens with zero attached hydrogens (tertiary/aromatic N) is 2. The molecule has 0 radical (unpaired) electrons. The minimum absolute atomic E-state index is 0.100. The van der Waals surface area contributed by atoms with E-state index in [0.717, 1.165) is 25.3 Å². The average Bonchev–Trinajstić information content (AvgIpc) is 2.38. The zero-order chi connectivity index (χ0) is 14.3. The number of likely N-dealkylation sites (N-methyl/N-ethyl adjacent to an activating group) is 1. The summed E-state index contributed by atoms with van der Waals surface area (Å²) in [5.74, 6) is 0. The Labute approximate surface area is 113 Å². The van der Waals surface area contributed by atoms with Crippen molar-refractivity contribution in [1.29, 1.82) is 0 Å². The second-order valence-corrected chi connectivity index (χ2v) is 4.29. The zero-order valence-electron chi connectivity index (χ0n) is 11.7. The molecule has 0 bridgehead atoms. The average molecular weight is 267 g/mol. The Balaban J connectivity index is 2.66. The quantitative estimate of drug-likeness (QED) is 0.444. The number of anilines is 1. The zero-order valence-corrected chi connectivity index (χ0v) is 11.7. The van der Waals surface area contributed by atoms with E-state index < -0.39 is 0 Å². The Morgan fingerprint density at radius 2 is 2.21 bits per heavy atom. The van der Waals surface area contributed by atoms with Crippen molar-refractivity contribution in [3.63, 3.8) is 0 Å². The Bertz CT molecular complexity index is 424. The molecule has 0 unspecified atom stereocenters. The normalized spacial score (nSPS) is 10.7. The van der Waals surface area contributed by atoms with E-state index in [9.17, 15) is 10.1 Å². The van der Waals surface area contributed by atoms with E-state index in [2.05, 4.69) is 10.2 Å². The number of nitrogens with one attached hydrogen (secondary N) is 1. The van der Waals surface area contributed by atoms with E-state index in [1.807, 2.05) is 20.0 Å². The Hall–Kier alpha value is -1.66. The van der Waals surface area contributed by atoms with Gasteiger partial charge in [0.05, 0.1) is 11.5 Å². The van der Waals surface area contributed by atoms with Crippen molar-refractivity contribution in [1.82, 2.24) is 4.90 Å². The van der Waals surface area contributed by atoms with Gasteiger partial charge >= 0.3 is 0 Å². The van der Waals surface area contributed by atoms with Crippen molar-refractivity contribution in [3.05, 3.63) is 33.9 Å². The Kier molecular flexibility index (Phi) is 6.24. The van der Waals surface area contributed by atoms with E-state index in [1.54, 1.807) is 13.1 Å². The Morgan fingerprint density at radius 3 is 2.79 bits per heavy atom. The smallest absolute Gasteiger partial charge is 0.292 e. The predicted molar refractivity (Wildman–Crippen MR) is 75.5 cm³/mol. The van der Waals surface area contributed by atoms with Crippen LogP contribution < -0.4 is 5.32 Å². The van der Waals surface area contributed by atoms with Crippen LogP contribution in [-0.2, 0) is 11.3 Å². The molecule has 1 aromatic rings. The summed E-state index contributed by atoms with van der Waals surface area (Å²) >= 11 is 0. The highest BCUT2D eigenvalue weighted by atomic mass is 16.6. The van der Waals surface area contributed by atoms with Gasteiger partial charge in [0, 0.05) is 32.8 Å². The largest absolute Gasteiger partial charge is 0.383 e. The number of nitro groups is 1. The molecule has 0 heterocycles. The van der Waals surface area contributed by atoms with E-state index in [1.165, 1.54) is 6.07 Å². The van der Waals surface area contributed by atoms with Crippen LogP contribution in [0.15, 0.2) is 18.2 Å². The van der Waals surface area contributed by atoms with Crippen molar-refractivity contribution < 1.29 is 9.66 Å². The highest BCUT2D eigenvalue weighted by Gasteiger charge is 2.13. The number of hydrogen-bond acceptors (Lipinski definition) is 5. The molecule has 0 fully saturated rings. The van der Waals surface area contributed by atoms with Gasteiger partial charge in [-0.05, 0) is 25.6 Å². The molecule has 0 saturated carbocycles. The second kappa shape index (κ2) is 7.70. The highest BCUT2D eigenvalue weighted by molar-refractivity contribution is 5.62. The Morgan fingerprint density at radius 1 is 1.47 bits per heavy atom. The van der Waals surface area contributed by atoms with Gasteiger partial charge in [-0.2, -0.15) is 0 Å². The van der Waals surface area contributed by atoms with Crippen LogP contribution in [0, 0.1) is 10.1 Å². The van der Waals surface area contributed by atoms with Crippen LogP contribution in [0.1, 0.15) is 12.5 Å². The molecule has 6 nitrogen and oxygen atoms in total. The first-order chi connectivity index (χ1) is 9.08. The highest BCUT2D eigenvalue weighted by Crippen LogP contribution is 2.25. The predicted octanol–water partition coefficient (Wildman–Crippen LogP) is 2.10. The van der Waals surface area contributed by atoms with Crippen LogP contribution in [0.4, 0.5) is 11.4 Å². The van der Waals surface area contributed by atoms with Crippen molar-refractivity contribution in [2.24, 2.45) is 0 Å². The summed E-state index contributed by atoms with van der Waals surface area (Å²) in [6, 6.07) is 5.14. The fraction of sp³-hybridized carbons (Fsp3) is 0.538. The molecule has 0 aliphatic rings. The minimum Gasteiger partial charge on any atom is -0.383 e. The maximum atomic E-state index is 10.8. The summed E-state index contributed by atoms with van der Waals surface area (Å²) in [6.07, 6.45) is 0. The van der Waals surface area contributed by atoms with Gasteiger partial charge in [0.2, 0.25) is 0 Å². The summed E-state index contributed by atoms with van der Waals surface area (Å²) < 4.78 is 5.29. The van der Waals surface area contributed by atoms with Gasteiger partial charge in [-0.3, -0.25) is 15.0 Å². The third-order valence-electron chi connectivity index (χ3n) is 2.80. The fourth-order valence-electron chi connectivity index (χ4n) is 1.80. The summed E-state index contributed by atoms with van der Waals surface area (Å²) in [7, 11) is 3.68. The lowest BCUT2D eigenvalue weighted by Crippen LogP contribution is -2.22. The lowest BCUT2D eigenvalue weighted by molar-refractivity contribution is -0.384. The molecule has 19 heavy (non-hydrogen) atoms. The van der Waals surface area contributed by atoms with Crippen LogP contribution in [0.5, 0.6) is 0 Å². The topological polar surface area (TPSA) is 67.6 Å². The van der Waals surface area contributed by atoms with Gasteiger partial charge in [0.1, 0.15) is 5.69 Å². The molecular formula is C13H21N3O3. The maximum Gasteiger partial charge on any atom is 0.292 e. The first-order valence-electron chi connectivity index (χ1n) is 6.29. The number of ether oxygens (including phenoxy) is 1. The number of nitro benzene ring substituents is 1. The van der Waals surface area contributed by atoms with Crippen LogP contribution >= 0.6 is 0 Å². The van der Waals surface area contributed by atoms with E-state index >= 15 is 0 Å². The summed E-state index contributed by atoms with van der Waals surface area (Å²) in [4.78, 5) is 12.6. The van der Waals surface area contributed by atoms with Gasteiger partial charge in [-0.25, -0.2) is 0 Å². The summed E-state index contributed by atoms with van der Waals surface area (Å²) in [5.41, 5.74) is 1.68. The maximum absolute atomic E-state index is 10.8. The molecule has 106 valence electrons. The monoisotopic (exact) mass is 267 g/mol. The van der Waals surface area contributed by atoms with Gasteiger partial charge < -0.3 is 10.1 Å². The minimum atomic E-state index is -0.381. The molecular weight excluding hydrogens is 246 g/mol. The van der Waals surface area contributed by atoms with E-state index in [-0.39, 0.29) is 10.6 Å². The molecule has 0 aliphatic carbocycles. The first kappa shape index (κ1) is 15.4. The van der Waals surface area contributed by atoms with Crippen LogP contribution in [0.25, 0.3) is 0 Å². The SMILES string of the molecule is CCOCCN(C)Cc1ccc([N+](=O)[O-])c(NC)c1. The van der Waals surface area contributed by atoms with Crippen LogP contribution in [0.2, 0.25) is 0 Å². The van der Waals surface area contributed by atoms with Crippen LogP contribution in [-0.4, -0.2) is 43.7 Å². The number of hydrogen-bond donors (Lipinski definition) is 1. The van der Waals surface area contributed by atoms with Crippen molar-refractivity contribution in [2.45, 2.75) is 13.5 Å². The molecule has 0 amide bonds. The van der Waals surface area contributed by atoms with Crippen molar-refractivity contribution in [2.75, 3.05) is 39.2 Å². The van der Waals surface area contributed by atoms with Gasteiger partial charge in [0.15, 0.2) is 0 Å². The molecule has 0 aromatic heterocycles. The number of benzene rings is 1. The lowest BCUT2D eigenvalue weighted by Gasteiger charge is -2.17. The molecule has 0 atom stereocenters. The van der Waals surface area contributed by atoms with Gasteiger partial charge in [0.25, 0.3) is 5.69 Å². The molecule has 6 heteroatoms. The molecule has 1 N–H and O–H groups in total. The lowest BCUT2D eigenvalue weighted by atomic mass is 10.1. The third-order valence-corrected chi connectivity index (χ3v) is 2.80. The molecule has 1 rings (SSSR count). The van der Waals surface area contributed by atoms with E-state index in [4.69, 9.17) is 4.74 Å². The van der Waals surface area contributed by atoms with E-state index in [0.29, 0.717) is 12.3 Å². The molecule has 1 aromatic carbocycles. The second-order valence-electron chi connectivity index (χ2n) is 4.29. The third kappa shape index (κ3) is 4.84. The molecule has 0 saturated heterocycles. The van der Waals surface area contributed by atoms with Crippen molar-refractivity contribution >= 4 is 11.4 Å². The summed E-state index contributed by atoms with van der Waals surface area (Å²) in [6.45, 7) is 4.95.